The lowest BCUT2D eigenvalue weighted by atomic mass is 10.1. The Balaban J connectivity index is 1.62. The van der Waals surface area contributed by atoms with E-state index in [0.29, 0.717) is 29.7 Å². The largest absolute Gasteiger partial charge is 0.363 e. The van der Waals surface area contributed by atoms with Crippen molar-refractivity contribution < 1.29 is 13.3 Å². The number of pyridine rings is 1. The van der Waals surface area contributed by atoms with E-state index in [4.69, 9.17) is 11.6 Å². The Bertz CT molecular complexity index is 1190. The van der Waals surface area contributed by atoms with Crippen molar-refractivity contribution in [3.8, 4) is 0 Å². The number of nitrogens with zero attached hydrogens (tertiary/aromatic N) is 4. The van der Waals surface area contributed by atoms with E-state index in [0.717, 1.165) is 0 Å². The predicted molar refractivity (Wildman–Crippen MR) is 111 cm³/mol. The molecule has 0 unspecified atom stereocenters. The van der Waals surface area contributed by atoms with Crippen LogP contribution in [-0.2, 0) is 10.0 Å². The van der Waals surface area contributed by atoms with Gasteiger partial charge in [-0.25, -0.2) is 8.42 Å². The van der Waals surface area contributed by atoms with E-state index >= 15 is 0 Å². The van der Waals surface area contributed by atoms with Gasteiger partial charge >= 0.3 is 5.69 Å². The molecule has 3 aromatic rings. The monoisotopic (exact) mass is 432 g/mol. The molecule has 1 saturated heterocycles. The van der Waals surface area contributed by atoms with Crippen LogP contribution in [0.3, 0.4) is 0 Å². The number of halogens is 1. The first kappa shape index (κ1) is 19.6. The number of hydrogen-bond acceptors (Lipinski definition) is 6. The third-order valence-corrected chi connectivity index (χ3v) is 7.35. The number of hydrogen-bond donors (Lipinski definition) is 0. The summed E-state index contributed by atoms with van der Waals surface area (Å²) in [5.41, 5.74) is 0.992. The van der Waals surface area contributed by atoms with Crippen LogP contribution in [0.5, 0.6) is 0 Å². The van der Waals surface area contributed by atoms with E-state index in [1.807, 2.05) is 4.90 Å². The molecular formula is C19H17ClN4O4S. The highest BCUT2D eigenvalue weighted by atomic mass is 35.5. The summed E-state index contributed by atoms with van der Waals surface area (Å²) in [4.78, 5) is 17.4. The fourth-order valence-corrected chi connectivity index (χ4v) is 5.45. The fraction of sp³-hybridized carbons (Fsp3) is 0.211. The smallest absolute Gasteiger partial charge is 0.301 e. The van der Waals surface area contributed by atoms with E-state index in [2.05, 4.69) is 4.98 Å². The van der Waals surface area contributed by atoms with Gasteiger partial charge in [-0.15, -0.1) is 0 Å². The fourth-order valence-electron chi connectivity index (χ4n) is 3.53. The summed E-state index contributed by atoms with van der Waals surface area (Å²) >= 11 is 6.07. The summed E-state index contributed by atoms with van der Waals surface area (Å²) in [7, 11) is -3.73. The molecule has 0 spiro atoms. The molecule has 0 bridgehead atoms. The standard InChI is InChI=1S/C19H17ClN4O4S/c20-15-5-1-2-6-18(15)29(27,28)23-12-10-22(11-13-23)17-8-7-16-14(4-3-9-21-16)19(17)24(25)26/h1-9H,10-13H2. The Labute approximate surface area is 172 Å². The van der Waals surface area contributed by atoms with Crippen molar-refractivity contribution in [1.29, 1.82) is 0 Å². The van der Waals surface area contributed by atoms with Crippen molar-refractivity contribution in [1.82, 2.24) is 9.29 Å². The second-order valence-corrected chi connectivity index (χ2v) is 8.90. The molecule has 150 valence electrons. The quantitative estimate of drug-likeness (QED) is 0.463. The average molecular weight is 433 g/mol. The summed E-state index contributed by atoms with van der Waals surface area (Å²) < 4.78 is 27.2. The number of sulfonamides is 1. The van der Waals surface area contributed by atoms with Crippen LogP contribution in [-0.4, -0.2) is 48.8 Å². The molecule has 1 aliphatic heterocycles. The number of rotatable bonds is 4. The lowest BCUT2D eigenvalue weighted by Crippen LogP contribution is -2.48. The van der Waals surface area contributed by atoms with Gasteiger partial charge in [0.2, 0.25) is 10.0 Å². The van der Waals surface area contributed by atoms with Gasteiger partial charge in [-0.1, -0.05) is 23.7 Å². The molecular weight excluding hydrogens is 416 g/mol. The van der Waals surface area contributed by atoms with Crippen molar-refractivity contribution in [2.45, 2.75) is 4.90 Å². The number of nitro benzene ring substituents is 1. The molecule has 4 rings (SSSR count). The Hall–Kier alpha value is -2.75. The van der Waals surface area contributed by atoms with E-state index in [9.17, 15) is 18.5 Å². The van der Waals surface area contributed by atoms with Crippen LogP contribution in [0.2, 0.25) is 5.02 Å². The molecule has 8 nitrogen and oxygen atoms in total. The van der Waals surface area contributed by atoms with Gasteiger partial charge in [0.05, 0.1) is 20.8 Å². The molecule has 0 amide bonds. The lowest BCUT2D eigenvalue weighted by molar-refractivity contribution is -0.382. The van der Waals surface area contributed by atoms with E-state index < -0.39 is 14.9 Å². The molecule has 0 N–H and O–H groups in total. The molecule has 0 radical (unpaired) electrons. The third-order valence-electron chi connectivity index (χ3n) is 4.95. The van der Waals surface area contributed by atoms with Gasteiger partial charge in [0.1, 0.15) is 10.6 Å². The number of aromatic nitrogens is 1. The van der Waals surface area contributed by atoms with E-state index in [-0.39, 0.29) is 28.7 Å². The first-order chi connectivity index (χ1) is 13.9. The maximum Gasteiger partial charge on any atom is 0.301 e. The second-order valence-electron chi connectivity index (χ2n) is 6.58. The molecule has 0 aliphatic carbocycles. The van der Waals surface area contributed by atoms with Crippen molar-refractivity contribution in [3.63, 3.8) is 0 Å². The van der Waals surface area contributed by atoms with Gasteiger partial charge in [0.25, 0.3) is 0 Å². The minimum absolute atomic E-state index is 0.0157. The summed E-state index contributed by atoms with van der Waals surface area (Å²) in [5, 5.41) is 12.4. The summed E-state index contributed by atoms with van der Waals surface area (Å²) in [6.45, 7) is 1.07. The Morgan fingerprint density at radius 3 is 2.41 bits per heavy atom. The molecule has 0 atom stereocenters. The number of fused-ring (bicyclic) bond motifs is 1. The van der Waals surface area contributed by atoms with Crippen LogP contribution in [0.25, 0.3) is 10.9 Å². The lowest BCUT2D eigenvalue weighted by Gasteiger charge is -2.35. The molecule has 1 aliphatic rings. The summed E-state index contributed by atoms with van der Waals surface area (Å²) in [5.74, 6) is 0. The third kappa shape index (κ3) is 3.52. The first-order valence-corrected chi connectivity index (χ1v) is 10.7. The van der Waals surface area contributed by atoms with E-state index in [1.54, 1.807) is 42.6 Å². The van der Waals surface area contributed by atoms with Crippen molar-refractivity contribution in [3.05, 3.63) is 69.9 Å². The molecule has 2 aromatic carbocycles. The highest BCUT2D eigenvalue weighted by Crippen LogP contribution is 2.36. The molecule has 2 heterocycles. The van der Waals surface area contributed by atoms with Crippen molar-refractivity contribution in [2.24, 2.45) is 0 Å². The maximum atomic E-state index is 12.9. The van der Waals surface area contributed by atoms with Crippen molar-refractivity contribution >= 4 is 43.9 Å². The Morgan fingerprint density at radius 2 is 1.72 bits per heavy atom. The summed E-state index contributed by atoms with van der Waals surface area (Å²) in [6.07, 6.45) is 1.59. The molecule has 1 aromatic heterocycles. The van der Waals surface area contributed by atoms with Crippen LogP contribution in [0.15, 0.2) is 59.6 Å². The average Bonchev–Trinajstić information content (AvgIpc) is 2.73. The minimum atomic E-state index is -3.73. The van der Waals surface area contributed by atoms with Crippen LogP contribution < -0.4 is 4.90 Å². The van der Waals surface area contributed by atoms with Gasteiger partial charge in [-0.2, -0.15) is 4.31 Å². The second kappa shape index (κ2) is 7.58. The predicted octanol–water partition coefficient (Wildman–Crippen LogP) is 3.31. The Kier molecular flexibility index (Phi) is 5.12. The Morgan fingerprint density at radius 1 is 1.00 bits per heavy atom. The summed E-state index contributed by atoms with van der Waals surface area (Å²) in [6, 6.07) is 13.1. The highest BCUT2D eigenvalue weighted by Gasteiger charge is 2.32. The molecule has 29 heavy (non-hydrogen) atoms. The van der Waals surface area contributed by atoms with Gasteiger partial charge in [-0.05, 0) is 36.4 Å². The van der Waals surface area contributed by atoms with Gasteiger partial charge in [-0.3, -0.25) is 15.1 Å². The topological polar surface area (TPSA) is 96.6 Å². The number of benzene rings is 2. The highest BCUT2D eigenvalue weighted by molar-refractivity contribution is 7.89. The number of nitro groups is 1. The van der Waals surface area contributed by atoms with Crippen LogP contribution >= 0.6 is 11.6 Å². The van der Waals surface area contributed by atoms with Crippen molar-refractivity contribution in [2.75, 3.05) is 31.1 Å². The van der Waals surface area contributed by atoms with E-state index in [1.165, 1.54) is 16.4 Å². The number of piperazine rings is 1. The molecule has 1 fully saturated rings. The molecule has 10 heteroatoms. The van der Waals surface area contributed by atoms with Crippen LogP contribution in [0.1, 0.15) is 0 Å². The number of anilines is 1. The maximum absolute atomic E-state index is 12.9. The SMILES string of the molecule is O=[N+]([O-])c1c(N2CCN(S(=O)(=O)c3ccccc3Cl)CC2)ccc2ncccc12. The van der Waals surface area contributed by atoms with Crippen LogP contribution in [0.4, 0.5) is 11.4 Å². The van der Waals surface area contributed by atoms with Gasteiger partial charge in [0.15, 0.2) is 0 Å². The van der Waals surface area contributed by atoms with Gasteiger partial charge < -0.3 is 4.90 Å². The normalized spacial score (nSPS) is 15.6. The van der Waals surface area contributed by atoms with Crippen LogP contribution in [0, 0.1) is 10.1 Å². The first-order valence-electron chi connectivity index (χ1n) is 8.91. The zero-order valence-corrected chi connectivity index (χ0v) is 16.8. The van der Waals surface area contributed by atoms with Gasteiger partial charge in [0, 0.05) is 32.4 Å². The zero-order chi connectivity index (χ0) is 20.6. The minimum Gasteiger partial charge on any atom is -0.363 e. The zero-order valence-electron chi connectivity index (χ0n) is 15.2. The molecule has 0 saturated carbocycles.